The molecule has 1 N–H and O–H groups in total. The highest BCUT2D eigenvalue weighted by molar-refractivity contribution is 5.96. The number of aliphatic hydroxyl groups excluding tert-OH is 1. The number of hydrogen-bond acceptors (Lipinski definition) is 3. The van der Waals surface area contributed by atoms with Gasteiger partial charge in [-0.2, -0.15) is 0 Å². The van der Waals surface area contributed by atoms with E-state index in [-0.39, 0.29) is 17.6 Å². The van der Waals surface area contributed by atoms with Crippen molar-refractivity contribution < 1.29 is 14.7 Å². The standard InChI is InChI=1S/C16H21NO3/c1-2-14(18)11-17(10-12-6-4-3-5-7-12)16(20)13-8-15(19)9-13/h3-7,13-14,18H,2,8-11H2,1H3. The number of nitrogens with zero attached hydrogens (tertiary/aromatic N) is 1. The Morgan fingerprint density at radius 3 is 2.55 bits per heavy atom. The number of rotatable bonds is 6. The van der Waals surface area contributed by atoms with Gasteiger partial charge in [-0.05, 0) is 12.0 Å². The first-order valence-electron chi connectivity index (χ1n) is 7.12. The summed E-state index contributed by atoms with van der Waals surface area (Å²) in [4.78, 5) is 25.1. The van der Waals surface area contributed by atoms with Gasteiger partial charge in [-0.25, -0.2) is 0 Å². The van der Waals surface area contributed by atoms with Crippen LogP contribution in [0, 0.1) is 5.92 Å². The number of carbonyl (C=O) groups excluding carboxylic acids is 2. The fourth-order valence-electron chi connectivity index (χ4n) is 2.34. The molecule has 1 aromatic rings. The number of ketones is 1. The average molecular weight is 275 g/mol. The van der Waals surface area contributed by atoms with E-state index in [1.807, 2.05) is 37.3 Å². The normalized spacial score (nSPS) is 16.6. The molecule has 108 valence electrons. The molecule has 1 fully saturated rings. The molecule has 1 amide bonds. The van der Waals surface area contributed by atoms with Gasteiger partial charge in [0.1, 0.15) is 5.78 Å². The minimum absolute atomic E-state index is 0.0130. The highest BCUT2D eigenvalue weighted by Gasteiger charge is 2.35. The highest BCUT2D eigenvalue weighted by atomic mass is 16.3. The van der Waals surface area contributed by atoms with Crippen LogP contribution in [0.2, 0.25) is 0 Å². The summed E-state index contributed by atoms with van der Waals surface area (Å²) in [6.45, 7) is 2.71. The van der Waals surface area contributed by atoms with E-state index in [4.69, 9.17) is 0 Å². The van der Waals surface area contributed by atoms with Crippen LogP contribution in [0.3, 0.4) is 0 Å². The van der Waals surface area contributed by atoms with E-state index in [1.165, 1.54) is 0 Å². The molecule has 4 heteroatoms. The van der Waals surface area contributed by atoms with E-state index in [1.54, 1.807) is 4.90 Å². The SMILES string of the molecule is CCC(O)CN(Cc1ccccc1)C(=O)C1CC(=O)C1. The third kappa shape index (κ3) is 3.67. The molecule has 0 radical (unpaired) electrons. The fourth-order valence-corrected chi connectivity index (χ4v) is 2.34. The highest BCUT2D eigenvalue weighted by Crippen LogP contribution is 2.26. The fraction of sp³-hybridized carbons (Fsp3) is 0.500. The van der Waals surface area contributed by atoms with Gasteiger partial charge >= 0.3 is 0 Å². The lowest BCUT2D eigenvalue weighted by atomic mass is 9.83. The number of carbonyl (C=O) groups is 2. The first-order valence-corrected chi connectivity index (χ1v) is 7.12. The molecule has 0 spiro atoms. The van der Waals surface area contributed by atoms with Crippen LogP contribution in [0.15, 0.2) is 30.3 Å². The van der Waals surface area contributed by atoms with Crippen LogP contribution in [0.1, 0.15) is 31.7 Å². The summed E-state index contributed by atoms with van der Waals surface area (Å²) >= 11 is 0. The number of Topliss-reactive ketones (excluding diaryl/α,β-unsaturated/α-hetero) is 1. The Hall–Kier alpha value is -1.68. The molecule has 0 saturated heterocycles. The van der Waals surface area contributed by atoms with E-state index < -0.39 is 6.10 Å². The second-order valence-electron chi connectivity index (χ2n) is 5.41. The topological polar surface area (TPSA) is 57.6 Å². The molecular formula is C16H21NO3. The van der Waals surface area contributed by atoms with E-state index in [2.05, 4.69) is 0 Å². The van der Waals surface area contributed by atoms with E-state index in [0.29, 0.717) is 32.4 Å². The van der Waals surface area contributed by atoms with Crippen molar-refractivity contribution in [3.8, 4) is 0 Å². The zero-order valence-electron chi connectivity index (χ0n) is 11.8. The first-order chi connectivity index (χ1) is 9.60. The molecule has 2 rings (SSSR count). The van der Waals surface area contributed by atoms with Crippen LogP contribution in [-0.2, 0) is 16.1 Å². The lowest BCUT2D eigenvalue weighted by Gasteiger charge is -2.32. The third-order valence-electron chi connectivity index (χ3n) is 3.73. The van der Waals surface area contributed by atoms with Crippen LogP contribution >= 0.6 is 0 Å². The van der Waals surface area contributed by atoms with Gasteiger partial charge in [0.25, 0.3) is 0 Å². The molecule has 1 atom stereocenters. The first kappa shape index (κ1) is 14.7. The largest absolute Gasteiger partial charge is 0.391 e. The summed E-state index contributed by atoms with van der Waals surface area (Å²) in [5.74, 6) is -0.0460. The predicted molar refractivity (Wildman–Crippen MR) is 75.9 cm³/mol. The summed E-state index contributed by atoms with van der Waals surface area (Å²) in [5.41, 5.74) is 1.04. The van der Waals surface area contributed by atoms with Gasteiger partial charge in [-0.1, -0.05) is 37.3 Å². The maximum absolute atomic E-state index is 12.4. The van der Waals surface area contributed by atoms with E-state index in [9.17, 15) is 14.7 Å². The maximum atomic E-state index is 12.4. The predicted octanol–water partition coefficient (Wildman–Crippen LogP) is 1.77. The minimum atomic E-state index is -0.515. The third-order valence-corrected chi connectivity index (χ3v) is 3.73. The van der Waals surface area contributed by atoms with Gasteiger partial charge in [0.15, 0.2) is 0 Å². The minimum Gasteiger partial charge on any atom is -0.391 e. The number of aliphatic hydroxyl groups is 1. The van der Waals surface area contributed by atoms with E-state index in [0.717, 1.165) is 5.56 Å². The molecule has 1 aliphatic carbocycles. The van der Waals surface area contributed by atoms with Gasteiger partial charge in [0.2, 0.25) is 5.91 Å². The Morgan fingerprint density at radius 1 is 1.35 bits per heavy atom. The summed E-state index contributed by atoms with van der Waals surface area (Å²) in [6, 6.07) is 9.72. The number of amides is 1. The molecule has 1 unspecified atom stereocenters. The van der Waals surface area contributed by atoms with Crippen molar-refractivity contribution in [1.82, 2.24) is 4.90 Å². The van der Waals surface area contributed by atoms with E-state index >= 15 is 0 Å². The second-order valence-corrected chi connectivity index (χ2v) is 5.41. The van der Waals surface area contributed by atoms with Crippen molar-refractivity contribution in [2.75, 3.05) is 6.54 Å². The second kappa shape index (κ2) is 6.66. The van der Waals surface area contributed by atoms with Crippen LogP contribution in [0.25, 0.3) is 0 Å². The van der Waals surface area contributed by atoms with Crippen molar-refractivity contribution in [1.29, 1.82) is 0 Å². The lowest BCUT2D eigenvalue weighted by Crippen LogP contribution is -2.44. The molecule has 20 heavy (non-hydrogen) atoms. The Labute approximate surface area is 119 Å². The van der Waals surface area contributed by atoms with Crippen LogP contribution in [0.4, 0.5) is 0 Å². The van der Waals surface area contributed by atoms with Crippen molar-refractivity contribution in [3.05, 3.63) is 35.9 Å². The van der Waals surface area contributed by atoms with Crippen molar-refractivity contribution in [3.63, 3.8) is 0 Å². The Bertz CT molecular complexity index is 464. The smallest absolute Gasteiger partial charge is 0.226 e. The summed E-state index contributed by atoms with van der Waals surface area (Å²) in [6.07, 6.45) is 0.805. The molecule has 0 aliphatic heterocycles. The Morgan fingerprint density at radius 2 is 2.00 bits per heavy atom. The molecule has 4 nitrogen and oxygen atoms in total. The molecule has 1 aliphatic rings. The lowest BCUT2D eigenvalue weighted by molar-refractivity contribution is -0.146. The number of benzene rings is 1. The summed E-state index contributed by atoms with van der Waals surface area (Å²) in [7, 11) is 0. The van der Waals surface area contributed by atoms with Crippen molar-refractivity contribution >= 4 is 11.7 Å². The van der Waals surface area contributed by atoms with Crippen LogP contribution in [-0.4, -0.2) is 34.3 Å². The zero-order chi connectivity index (χ0) is 14.5. The molecule has 0 heterocycles. The van der Waals surface area contributed by atoms with Gasteiger partial charge in [-0.15, -0.1) is 0 Å². The molecule has 1 aromatic carbocycles. The van der Waals surface area contributed by atoms with Crippen molar-refractivity contribution in [2.45, 2.75) is 38.8 Å². The average Bonchev–Trinajstić information content (AvgIpc) is 2.43. The van der Waals surface area contributed by atoms with Gasteiger partial charge in [0.05, 0.1) is 12.0 Å². The molecule has 0 aromatic heterocycles. The molecular weight excluding hydrogens is 254 g/mol. The van der Waals surface area contributed by atoms with Gasteiger partial charge in [-0.3, -0.25) is 9.59 Å². The van der Waals surface area contributed by atoms with Crippen molar-refractivity contribution in [2.24, 2.45) is 5.92 Å². The van der Waals surface area contributed by atoms with Gasteiger partial charge < -0.3 is 10.0 Å². The summed E-state index contributed by atoms with van der Waals surface area (Å²) < 4.78 is 0. The zero-order valence-corrected chi connectivity index (χ0v) is 11.8. The van der Waals surface area contributed by atoms with Crippen LogP contribution < -0.4 is 0 Å². The monoisotopic (exact) mass is 275 g/mol. The van der Waals surface area contributed by atoms with Gasteiger partial charge in [0, 0.05) is 25.9 Å². The maximum Gasteiger partial charge on any atom is 0.226 e. The quantitative estimate of drug-likeness (QED) is 0.860. The molecule has 0 bridgehead atoms. The van der Waals surface area contributed by atoms with Crippen LogP contribution in [0.5, 0.6) is 0 Å². The molecule has 1 saturated carbocycles. The Kier molecular flexibility index (Phi) is 4.90. The summed E-state index contributed by atoms with van der Waals surface area (Å²) in [5, 5.41) is 9.82. The number of hydrogen-bond donors (Lipinski definition) is 1. The Balaban J connectivity index is 2.03.